The Hall–Kier alpha value is -2.47. The van der Waals surface area contributed by atoms with Gasteiger partial charge in [-0.1, -0.05) is 46.3 Å². The molecule has 0 fully saturated rings. The molecule has 0 atom stereocenters. The number of hydrazone groups is 1. The molecular weight excluding hydrogens is 360 g/mol. The highest BCUT2D eigenvalue weighted by molar-refractivity contribution is 9.10. The second-order valence-corrected chi connectivity index (χ2v) is 5.66. The minimum Gasteiger partial charge on any atom is -0.550 e. The first-order valence-corrected chi connectivity index (χ1v) is 7.73. The van der Waals surface area contributed by atoms with E-state index in [2.05, 4.69) is 26.5 Å². The molecule has 0 bridgehead atoms. The van der Waals surface area contributed by atoms with Crippen molar-refractivity contribution in [3.05, 3.63) is 70.2 Å². The third kappa shape index (κ3) is 5.34. The zero-order valence-electron chi connectivity index (χ0n) is 12.2. The van der Waals surface area contributed by atoms with E-state index < -0.39 is 5.97 Å². The molecule has 2 rings (SSSR count). The van der Waals surface area contributed by atoms with Crippen LogP contribution < -0.4 is 10.5 Å². The van der Waals surface area contributed by atoms with Crippen LogP contribution in [0.5, 0.6) is 0 Å². The van der Waals surface area contributed by atoms with Crippen molar-refractivity contribution in [2.75, 3.05) is 0 Å². The molecule has 0 radical (unpaired) electrons. The fourth-order valence-electron chi connectivity index (χ4n) is 1.90. The maximum absolute atomic E-state index is 12.0. The van der Waals surface area contributed by atoms with Crippen LogP contribution >= 0.6 is 15.9 Å². The number of hydrogen-bond acceptors (Lipinski definition) is 4. The van der Waals surface area contributed by atoms with Gasteiger partial charge in [0.05, 0.1) is 5.71 Å². The molecule has 0 aromatic heterocycles. The van der Waals surface area contributed by atoms with Gasteiger partial charge in [-0.25, -0.2) is 5.43 Å². The molecule has 0 aliphatic carbocycles. The molecule has 0 spiro atoms. The summed E-state index contributed by atoms with van der Waals surface area (Å²) in [7, 11) is 0. The summed E-state index contributed by atoms with van der Waals surface area (Å²) in [6.07, 6.45) is -0.00482. The molecule has 0 unspecified atom stereocenters. The van der Waals surface area contributed by atoms with E-state index in [1.807, 2.05) is 18.2 Å². The summed E-state index contributed by atoms with van der Waals surface area (Å²) in [6, 6.07) is 15.9. The molecule has 1 amide bonds. The minimum absolute atomic E-state index is 0.166. The van der Waals surface area contributed by atoms with Crippen molar-refractivity contribution in [3.63, 3.8) is 0 Å². The van der Waals surface area contributed by atoms with Crippen LogP contribution in [0, 0.1) is 0 Å². The van der Waals surface area contributed by atoms with Crippen LogP contribution in [0.3, 0.4) is 0 Å². The number of rotatable bonds is 6. The first-order valence-electron chi connectivity index (χ1n) is 6.94. The van der Waals surface area contributed by atoms with Crippen molar-refractivity contribution in [1.82, 2.24) is 5.43 Å². The molecule has 0 aliphatic rings. The summed E-state index contributed by atoms with van der Waals surface area (Å²) in [5.41, 5.74) is 4.15. The molecule has 2 aromatic carbocycles. The van der Waals surface area contributed by atoms with Gasteiger partial charge >= 0.3 is 0 Å². The van der Waals surface area contributed by atoms with Crippen molar-refractivity contribution in [1.29, 1.82) is 0 Å². The lowest BCUT2D eigenvalue weighted by molar-refractivity contribution is -0.305. The van der Waals surface area contributed by atoms with Gasteiger partial charge < -0.3 is 9.90 Å². The molecule has 0 heterocycles. The van der Waals surface area contributed by atoms with E-state index in [-0.39, 0.29) is 18.7 Å². The summed E-state index contributed by atoms with van der Waals surface area (Å²) in [5.74, 6) is -1.52. The largest absolute Gasteiger partial charge is 0.550 e. The average molecular weight is 374 g/mol. The highest BCUT2D eigenvalue weighted by Gasteiger charge is 2.07. The van der Waals surface area contributed by atoms with Gasteiger partial charge in [-0.15, -0.1) is 0 Å². The summed E-state index contributed by atoms with van der Waals surface area (Å²) < 4.78 is 0.897. The highest BCUT2D eigenvalue weighted by Crippen LogP contribution is 2.13. The molecule has 0 saturated heterocycles. The lowest BCUT2D eigenvalue weighted by Gasteiger charge is -2.08. The summed E-state index contributed by atoms with van der Waals surface area (Å²) >= 11 is 3.34. The standard InChI is InChI=1S/C17H15BrN2O3/c18-14-8-6-12(7-9-14)15(10-11-16(21)22)19-20-17(23)13-4-2-1-3-5-13/h1-9H,10-11H2,(H,20,23)(H,21,22)/p-1/b19-15-. The smallest absolute Gasteiger partial charge is 0.271 e. The number of benzene rings is 2. The van der Waals surface area contributed by atoms with E-state index in [1.165, 1.54) is 0 Å². The van der Waals surface area contributed by atoms with E-state index in [4.69, 9.17) is 0 Å². The zero-order valence-corrected chi connectivity index (χ0v) is 13.7. The number of nitrogens with one attached hydrogen (secondary N) is 1. The number of carbonyl (C=O) groups is 2. The Kier molecular flexibility index (Phi) is 6.05. The Balaban J connectivity index is 2.17. The number of nitrogens with zero attached hydrogens (tertiary/aromatic N) is 1. The van der Waals surface area contributed by atoms with Crippen LogP contribution in [-0.4, -0.2) is 17.6 Å². The molecule has 23 heavy (non-hydrogen) atoms. The lowest BCUT2D eigenvalue weighted by atomic mass is 10.1. The van der Waals surface area contributed by atoms with E-state index in [0.717, 1.165) is 10.0 Å². The van der Waals surface area contributed by atoms with Gasteiger partial charge in [0.15, 0.2) is 0 Å². The number of carbonyl (C=O) groups excluding carboxylic acids is 2. The number of carboxylic acid groups (broad SMARTS) is 1. The van der Waals surface area contributed by atoms with Crippen molar-refractivity contribution in [2.24, 2.45) is 5.10 Å². The predicted molar refractivity (Wildman–Crippen MR) is 88.8 cm³/mol. The first kappa shape index (κ1) is 16.9. The monoisotopic (exact) mass is 373 g/mol. The number of carboxylic acids is 1. The second kappa shape index (κ2) is 8.24. The van der Waals surface area contributed by atoms with E-state index in [1.54, 1.807) is 36.4 Å². The van der Waals surface area contributed by atoms with Crippen LogP contribution in [0.4, 0.5) is 0 Å². The Bertz CT molecular complexity index is 712. The van der Waals surface area contributed by atoms with Gasteiger partial charge in [-0.05, 0) is 42.7 Å². The normalized spacial score (nSPS) is 11.1. The molecule has 5 nitrogen and oxygen atoms in total. The molecule has 1 N–H and O–H groups in total. The van der Waals surface area contributed by atoms with Crippen LogP contribution in [0.1, 0.15) is 28.8 Å². The molecule has 0 aliphatic heterocycles. The third-order valence-electron chi connectivity index (χ3n) is 3.07. The van der Waals surface area contributed by atoms with Gasteiger partial charge in [0.2, 0.25) is 0 Å². The van der Waals surface area contributed by atoms with E-state index >= 15 is 0 Å². The van der Waals surface area contributed by atoms with E-state index in [0.29, 0.717) is 11.3 Å². The quantitative estimate of drug-likeness (QED) is 0.621. The van der Waals surface area contributed by atoms with Crippen LogP contribution in [0.2, 0.25) is 0 Å². The third-order valence-corrected chi connectivity index (χ3v) is 3.60. The van der Waals surface area contributed by atoms with E-state index in [9.17, 15) is 14.7 Å². The van der Waals surface area contributed by atoms with Crippen LogP contribution in [-0.2, 0) is 4.79 Å². The SMILES string of the molecule is O=C([O-])CC/C(=N/NC(=O)c1ccccc1)c1ccc(Br)cc1. The predicted octanol–water partition coefficient (Wildman–Crippen LogP) is 2.11. The second-order valence-electron chi connectivity index (χ2n) is 4.74. The number of halogens is 1. The fraction of sp³-hybridized carbons (Fsp3) is 0.118. The Morgan fingerprint density at radius 3 is 2.22 bits per heavy atom. The molecule has 118 valence electrons. The van der Waals surface area contributed by atoms with Gasteiger partial charge in [-0.2, -0.15) is 5.10 Å². The van der Waals surface area contributed by atoms with Crippen molar-refractivity contribution in [3.8, 4) is 0 Å². The topological polar surface area (TPSA) is 81.6 Å². The maximum atomic E-state index is 12.0. The summed E-state index contributed by atoms with van der Waals surface area (Å²) in [5, 5.41) is 14.8. The lowest BCUT2D eigenvalue weighted by Crippen LogP contribution is -2.24. The molecule has 6 heteroatoms. The van der Waals surface area contributed by atoms with Gasteiger partial charge in [0.1, 0.15) is 0 Å². The fourth-order valence-corrected chi connectivity index (χ4v) is 2.16. The van der Waals surface area contributed by atoms with Crippen LogP contribution in [0.25, 0.3) is 0 Å². The molecule has 2 aromatic rings. The number of hydrogen-bond donors (Lipinski definition) is 1. The number of aliphatic carboxylic acids is 1. The van der Waals surface area contributed by atoms with Crippen molar-refractivity contribution < 1.29 is 14.7 Å². The maximum Gasteiger partial charge on any atom is 0.271 e. The summed E-state index contributed by atoms with van der Waals surface area (Å²) in [6.45, 7) is 0. The molecular formula is C17H14BrN2O3-. The molecule has 0 saturated carbocycles. The van der Waals surface area contributed by atoms with Crippen LogP contribution in [0.15, 0.2) is 64.2 Å². The average Bonchev–Trinajstić information content (AvgIpc) is 2.56. The Morgan fingerprint density at radius 2 is 1.61 bits per heavy atom. The zero-order chi connectivity index (χ0) is 16.7. The minimum atomic E-state index is -1.16. The van der Waals surface area contributed by atoms with Gasteiger partial charge in [0, 0.05) is 16.0 Å². The van der Waals surface area contributed by atoms with Gasteiger partial charge in [-0.3, -0.25) is 4.79 Å². The Labute approximate surface area is 142 Å². The first-order chi connectivity index (χ1) is 11.1. The van der Waals surface area contributed by atoms with Crippen molar-refractivity contribution in [2.45, 2.75) is 12.8 Å². The Morgan fingerprint density at radius 1 is 0.957 bits per heavy atom. The van der Waals surface area contributed by atoms with Gasteiger partial charge in [0.25, 0.3) is 5.91 Å². The van der Waals surface area contributed by atoms with Crippen molar-refractivity contribution >= 4 is 33.5 Å². The number of amides is 1. The highest BCUT2D eigenvalue weighted by atomic mass is 79.9. The summed E-state index contributed by atoms with van der Waals surface area (Å²) in [4.78, 5) is 22.7.